The van der Waals surface area contributed by atoms with Gasteiger partial charge in [-0.2, -0.15) is 8.42 Å². The molecule has 0 aliphatic rings. The lowest BCUT2D eigenvalue weighted by atomic mass is 10.3. The Morgan fingerprint density at radius 1 is 0.933 bits per heavy atom. The third-order valence-corrected chi connectivity index (χ3v) is 9.63. The van der Waals surface area contributed by atoms with Crippen LogP contribution in [-0.4, -0.2) is 13.0 Å². The SMILES string of the molecule is Nc1c(I)c(I)c(S(=O)(=O)O)c(I)c1I. The van der Waals surface area contributed by atoms with E-state index in [1.54, 1.807) is 0 Å². The molecule has 0 amide bonds. The average Bonchev–Trinajstić information content (AvgIpc) is 2.09. The summed E-state index contributed by atoms with van der Waals surface area (Å²) in [5, 5.41) is 0. The molecule has 9 heteroatoms. The van der Waals surface area contributed by atoms with Gasteiger partial charge in [-0.25, -0.2) is 0 Å². The normalized spacial score (nSPS) is 11.8. The summed E-state index contributed by atoms with van der Waals surface area (Å²) in [6, 6.07) is 0. The minimum atomic E-state index is -4.21. The second kappa shape index (κ2) is 5.23. The maximum Gasteiger partial charge on any atom is 0.296 e. The van der Waals surface area contributed by atoms with Crippen LogP contribution >= 0.6 is 90.4 Å². The molecule has 3 N–H and O–H groups in total. The van der Waals surface area contributed by atoms with Crippen molar-refractivity contribution in [1.82, 2.24) is 0 Å². The summed E-state index contributed by atoms with van der Waals surface area (Å²) in [7, 11) is -4.21. The van der Waals surface area contributed by atoms with Gasteiger partial charge in [-0.15, -0.1) is 0 Å². The first kappa shape index (κ1) is 14.9. The van der Waals surface area contributed by atoms with E-state index in [0.717, 1.165) is 0 Å². The van der Waals surface area contributed by atoms with Gasteiger partial charge in [0.2, 0.25) is 0 Å². The fourth-order valence-electron chi connectivity index (χ4n) is 0.855. The van der Waals surface area contributed by atoms with Crippen LogP contribution < -0.4 is 5.73 Å². The molecule has 0 radical (unpaired) electrons. The molecule has 0 aliphatic carbocycles. The number of halogens is 4. The van der Waals surface area contributed by atoms with Gasteiger partial charge in [-0.3, -0.25) is 4.55 Å². The van der Waals surface area contributed by atoms with Gasteiger partial charge in [-0.05, 0) is 90.4 Å². The Labute approximate surface area is 141 Å². The van der Waals surface area contributed by atoms with E-state index in [-0.39, 0.29) is 4.90 Å². The molecule has 0 atom stereocenters. The number of hydrogen-bond acceptors (Lipinski definition) is 3. The van der Waals surface area contributed by atoms with Crippen LogP contribution in [0.15, 0.2) is 4.90 Å². The third-order valence-electron chi connectivity index (χ3n) is 1.52. The average molecular weight is 677 g/mol. The summed E-state index contributed by atoms with van der Waals surface area (Å²) in [5.74, 6) is 0. The van der Waals surface area contributed by atoms with Gasteiger partial charge < -0.3 is 5.73 Å². The number of rotatable bonds is 1. The molecule has 4 nitrogen and oxygen atoms in total. The second-order valence-electron chi connectivity index (χ2n) is 2.47. The van der Waals surface area contributed by atoms with E-state index in [9.17, 15) is 8.42 Å². The van der Waals surface area contributed by atoms with Crippen LogP contribution in [0.5, 0.6) is 0 Å². The first-order valence-corrected chi connectivity index (χ1v) is 9.02. The molecular formula is C6H3I4NO3S. The number of hydrogen-bond donors (Lipinski definition) is 2. The van der Waals surface area contributed by atoms with E-state index in [4.69, 9.17) is 10.3 Å². The molecule has 0 bridgehead atoms. The fourth-order valence-corrected chi connectivity index (χ4v) is 6.78. The molecule has 84 valence electrons. The van der Waals surface area contributed by atoms with Gasteiger partial charge >= 0.3 is 0 Å². The molecule has 1 rings (SSSR count). The molecule has 0 spiro atoms. The largest absolute Gasteiger partial charge is 0.397 e. The molecule has 15 heavy (non-hydrogen) atoms. The van der Waals surface area contributed by atoms with Gasteiger partial charge in [0, 0.05) is 0 Å². The van der Waals surface area contributed by atoms with Crippen molar-refractivity contribution < 1.29 is 13.0 Å². The van der Waals surface area contributed by atoms with Crippen LogP contribution in [0.3, 0.4) is 0 Å². The molecular weight excluding hydrogens is 674 g/mol. The van der Waals surface area contributed by atoms with Crippen LogP contribution in [0.4, 0.5) is 5.69 Å². The smallest absolute Gasteiger partial charge is 0.296 e. The maximum absolute atomic E-state index is 11.2. The van der Waals surface area contributed by atoms with E-state index >= 15 is 0 Å². The van der Waals surface area contributed by atoms with Crippen LogP contribution in [-0.2, 0) is 10.1 Å². The lowest BCUT2D eigenvalue weighted by Gasteiger charge is -2.11. The van der Waals surface area contributed by atoms with E-state index in [1.165, 1.54) is 0 Å². The van der Waals surface area contributed by atoms with Crippen molar-refractivity contribution in [1.29, 1.82) is 0 Å². The van der Waals surface area contributed by atoms with Crippen molar-refractivity contribution in [3.8, 4) is 0 Å². The van der Waals surface area contributed by atoms with Gasteiger partial charge in [0.05, 0.1) is 20.0 Å². The lowest BCUT2D eigenvalue weighted by Crippen LogP contribution is -2.10. The van der Waals surface area contributed by atoms with Gasteiger partial charge in [-0.1, -0.05) is 0 Å². The Kier molecular flexibility index (Phi) is 5.20. The second-order valence-corrected chi connectivity index (χ2v) is 8.15. The minimum Gasteiger partial charge on any atom is -0.397 e. The molecule has 0 saturated heterocycles. The predicted molar refractivity (Wildman–Crippen MR) is 91.5 cm³/mol. The number of anilines is 1. The molecule has 0 saturated carbocycles. The number of benzene rings is 1. The molecule has 0 heterocycles. The van der Waals surface area contributed by atoms with Crippen LogP contribution in [0.1, 0.15) is 0 Å². The first-order valence-electron chi connectivity index (χ1n) is 3.26. The third kappa shape index (κ3) is 3.00. The Bertz CT molecular complexity index is 499. The maximum atomic E-state index is 11.2. The Hall–Kier alpha value is 1.85. The monoisotopic (exact) mass is 677 g/mol. The van der Waals surface area contributed by atoms with E-state index in [2.05, 4.69) is 0 Å². The summed E-state index contributed by atoms with van der Waals surface area (Å²) < 4.78 is 33.7. The zero-order chi connectivity index (χ0) is 12.0. The summed E-state index contributed by atoms with van der Waals surface area (Å²) >= 11 is 7.65. The highest BCUT2D eigenvalue weighted by Crippen LogP contribution is 2.36. The van der Waals surface area contributed by atoms with Crippen molar-refractivity contribution in [3.05, 3.63) is 14.3 Å². The number of nitrogens with two attached hydrogens (primary N) is 1. The van der Waals surface area contributed by atoms with Crippen molar-refractivity contribution >= 4 is 106 Å². The Morgan fingerprint density at radius 2 is 1.27 bits per heavy atom. The summed E-state index contributed by atoms with van der Waals surface area (Å²) in [4.78, 5) is -0.0632. The van der Waals surface area contributed by atoms with Gasteiger partial charge in [0.25, 0.3) is 10.1 Å². The van der Waals surface area contributed by atoms with E-state index < -0.39 is 10.1 Å². The van der Waals surface area contributed by atoms with E-state index in [1.807, 2.05) is 90.4 Å². The van der Waals surface area contributed by atoms with Crippen LogP contribution in [0, 0.1) is 14.3 Å². The Morgan fingerprint density at radius 3 is 1.53 bits per heavy atom. The van der Waals surface area contributed by atoms with Gasteiger partial charge in [0.1, 0.15) is 4.90 Å². The highest BCUT2D eigenvalue weighted by Gasteiger charge is 2.25. The summed E-state index contributed by atoms with van der Waals surface area (Å²) in [5.41, 5.74) is 6.33. The minimum absolute atomic E-state index is 0.0632. The number of nitrogen functional groups attached to an aromatic ring is 1. The standard InChI is InChI=1S/C6H3I4NO3S/c7-1-3(9)6(15(12,13)14)4(10)2(8)5(1)11/h11H2,(H,12,13,14). The predicted octanol–water partition coefficient (Wildman–Crippen LogP) is 2.93. The van der Waals surface area contributed by atoms with Crippen molar-refractivity contribution in [2.45, 2.75) is 4.90 Å². The van der Waals surface area contributed by atoms with Crippen LogP contribution in [0.2, 0.25) is 0 Å². The van der Waals surface area contributed by atoms with Crippen LogP contribution in [0.25, 0.3) is 0 Å². The van der Waals surface area contributed by atoms with Crippen molar-refractivity contribution in [2.75, 3.05) is 5.73 Å². The van der Waals surface area contributed by atoms with E-state index in [0.29, 0.717) is 20.0 Å². The molecule has 0 unspecified atom stereocenters. The van der Waals surface area contributed by atoms with Crippen molar-refractivity contribution in [3.63, 3.8) is 0 Å². The zero-order valence-electron chi connectivity index (χ0n) is 6.76. The Balaban J connectivity index is 3.84. The summed E-state index contributed by atoms with van der Waals surface area (Å²) in [6.07, 6.45) is 0. The molecule has 1 aromatic rings. The quantitative estimate of drug-likeness (QED) is 0.208. The summed E-state index contributed by atoms with van der Waals surface area (Å²) in [6.45, 7) is 0. The lowest BCUT2D eigenvalue weighted by molar-refractivity contribution is 0.482. The molecule has 0 aromatic heterocycles. The highest BCUT2D eigenvalue weighted by molar-refractivity contribution is 14.1. The van der Waals surface area contributed by atoms with Crippen molar-refractivity contribution in [2.24, 2.45) is 0 Å². The molecule has 0 aliphatic heterocycles. The van der Waals surface area contributed by atoms with Gasteiger partial charge in [0.15, 0.2) is 0 Å². The first-order chi connectivity index (χ1) is 6.68. The molecule has 0 fully saturated rings. The fraction of sp³-hybridized carbons (Fsp3) is 0. The molecule has 1 aromatic carbocycles. The topological polar surface area (TPSA) is 80.4 Å². The highest BCUT2D eigenvalue weighted by atomic mass is 127. The zero-order valence-corrected chi connectivity index (χ0v) is 16.2.